The number of hydrogen-bond donors (Lipinski definition) is 1. The molecule has 1 aromatic heterocycles. The van der Waals surface area contributed by atoms with E-state index in [1.165, 1.54) is 18.2 Å². The molecule has 0 amide bonds. The molecule has 1 fully saturated rings. The Kier molecular flexibility index (Phi) is 2.51. The molecule has 0 atom stereocenters. The van der Waals surface area contributed by atoms with Crippen molar-refractivity contribution in [3.05, 3.63) is 48.0 Å². The zero-order valence-electron chi connectivity index (χ0n) is 11.2. The van der Waals surface area contributed by atoms with Gasteiger partial charge in [0.25, 0.3) is 0 Å². The van der Waals surface area contributed by atoms with Crippen LogP contribution in [0.2, 0.25) is 0 Å². The number of hydrogen-bond acceptors (Lipinski definition) is 2. The number of imidazole rings is 1. The van der Waals surface area contributed by atoms with E-state index < -0.39 is 5.82 Å². The zero-order chi connectivity index (χ0) is 14.6. The highest BCUT2D eigenvalue weighted by atomic mass is 19.1. The van der Waals surface area contributed by atoms with Crippen LogP contribution in [0.25, 0.3) is 22.4 Å². The average molecular weight is 285 g/mol. The molecule has 4 rings (SSSR count). The highest BCUT2D eigenvalue weighted by molar-refractivity contribution is 5.81. The second-order valence-electron chi connectivity index (χ2n) is 5.41. The van der Waals surface area contributed by atoms with E-state index in [9.17, 15) is 8.78 Å². The maximum atomic E-state index is 13.5. The number of rotatable bonds is 2. The fourth-order valence-electron chi connectivity index (χ4n) is 2.65. The summed E-state index contributed by atoms with van der Waals surface area (Å²) in [6, 6.07) is 9.46. The molecule has 0 bridgehead atoms. The highest BCUT2D eigenvalue weighted by Crippen LogP contribution is 2.41. The van der Waals surface area contributed by atoms with Crippen LogP contribution in [0.1, 0.15) is 18.9 Å². The van der Waals surface area contributed by atoms with Crippen molar-refractivity contribution in [3.8, 4) is 11.4 Å². The van der Waals surface area contributed by atoms with Crippen LogP contribution in [0.5, 0.6) is 0 Å². The molecule has 0 saturated heterocycles. The Balaban J connectivity index is 1.99. The normalized spacial score (nSPS) is 14.8. The molecule has 21 heavy (non-hydrogen) atoms. The van der Waals surface area contributed by atoms with Crippen LogP contribution in [-0.2, 0) is 0 Å². The van der Waals surface area contributed by atoms with Crippen LogP contribution in [-0.4, -0.2) is 9.55 Å². The third-order valence-electron chi connectivity index (χ3n) is 3.82. The molecule has 1 aliphatic carbocycles. The monoisotopic (exact) mass is 285 g/mol. The fourth-order valence-corrected chi connectivity index (χ4v) is 2.65. The van der Waals surface area contributed by atoms with Crippen LogP contribution in [0.4, 0.5) is 14.5 Å². The van der Waals surface area contributed by atoms with Crippen molar-refractivity contribution in [2.45, 2.75) is 18.9 Å². The number of aromatic nitrogens is 2. The van der Waals surface area contributed by atoms with Gasteiger partial charge in [0.05, 0.1) is 16.7 Å². The van der Waals surface area contributed by atoms with Crippen molar-refractivity contribution in [2.24, 2.45) is 0 Å². The SMILES string of the molecule is Nc1cc(-c2nc3ccc(F)cc3n2C2CC2)ccc1F. The quantitative estimate of drug-likeness (QED) is 0.726. The van der Waals surface area contributed by atoms with Gasteiger partial charge in [-0.1, -0.05) is 0 Å². The molecule has 3 aromatic rings. The molecule has 2 N–H and O–H groups in total. The largest absolute Gasteiger partial charge is 0.396 e. The smallest absolute Gasteiger partial charge is 0.146 e. The van der Waals surface area contributed by atoms with Gasteiger partial charge in [-0.2, -0.15) is 0 Å². The molecule has 106 valence electrons. The maximum absolute atomic E-state index is 13.5. The molecule has 5 heteroatoms. The Bertz CT molecular complexity index is 850. The predicted octanol–water partition coefficient (Wildman–Crippen LogP) is 3.90. The third kappa shape index (κ3) is 1.96. The van der Waals surface area contributed by atoms with Gasteiger partial charge >= 0.3 is 0 Å². The first-order valence-electron chi connectivity index (χ1n) is 6.86. The van der Waals surface area contributed by atoms with Gasteiger partial charge in [-0.25, -0.2) is 13.8 Å². The van der Waals surface area contributed by atoms with Gasteiger partial charge in [0.1, 0.15) is 17.5 Å². The number of fused-ring (bicyclic) bond motifs is 1. The Morgan fingerprint density at radius 3 is 2.62 bits per heavy atom. The van der Waals surface area contributed by atoms with E-state index in [2.05, 4.69) is 4.98 Å². The number of anilines is 1. The van der Waals surface area contributed by atoms with Crippen LogP contribution in [0.3, 0.4) is 0 Å². The van der Waals surface area contributed by atoms with Crippen molar-refractivity contribution in [3.63, 3.8) is 0 Å². The topological polar surface area (TPSA) is 43.8 Å². The lowest BCUT2D eigenvalue weighted by atomic mass is 10.2. The van der Waals surface area contributed by atoms with E-state index >= 15 is 0 Å². The molecule has 2 aromatic carbocycles. The number of benzene rings is 2. The first-order chi connectivity index (χ1) is 10.1. The minimum atomic E-state index is -0.445. The van der Waals surface area contributed by atoms with Crippen molar-refractivity contribution < 1.29 is 8.78 Å². The maximum Gasteiger partial charge on any atom is 0.146 e. The van der Waals surface area contributed by atoms with E-state index in [4.69, 9.17) is 5.73 Å². The first kappa shape index (κ1) is 12.3. The standard InChI is InChI=1S/C16H13F2N3/c17-10-2-6-14-15(8-10)21(11-3-4-11)16(20-14)9-1-5-12(18)13(19)7-9/h1-2,5-8,11H,3-4,19H2. The summed E-state index contributed by atoms with van der Waals surface area (Å²) in [5.74, 6) is -0.0156. The molecule has 0 aliphatic heterocycles. The lowest BCUT2D eigenvalue weighted by molar-refractivity contribution is 0.628. The molecule has 0 radical (unpaired) electrons. The molecule has 1 heterocycles. The van der Waals surface area contributed by atoms with E-state index in [0.717, 1.165) is 29.4 Å². The summed E-state index contributed by atoms with van der Waals surface area (Å²) in [5.41, 5.74) is 8.00. The predicted molar refractivity (Wildman–Crippen MR) is 77.8 cm³/mol. The van der Waals surface area contributed by atoms with Gasteiger partial charge < -0.3 is 10.3 Å². The summed E-state index contributed by atoms with van der Waals surface area (Å²) < 4.78 is 28.9. The van der Waals surface area contributed by atoms with Gasteiger partial charge in [-0.15, -0.1) is 0 Å². The van der Waals surface area contributed by atoms with Crippen LogP contribution >= 0.6 is 0 Å². The van der Waals surface area contributed by atoms with E-state index in [1.54, 1.807) is 18.2 Å². The molecule has 1 saturated carbocycles. The van der Waals surface area contributed by atoms with Crippen LogP contribution < -0.4 is 5.73 Å². The zero-order valence-corrected chi connectivity index (χ0v) is 11.2. The van der Waals surface area contributed by atoms with Gasteiger partial charge in [-0.05, 0) is 49.2 Å². The van der Waals surface area contributed by atoms with E-state index in [0.29, 0.717) is 11.9 Å². The molecule has 3 nitrogen and oxygen atoms in total. The molecule has 1 aliphatic rings. The molecular weight excluding hydrogens is 272 g/mol. The van der Waals surface area contributed by atoms with E-state index in [1.807, 2.05) is 4.57 Å². The summed E-state index contributed by atoms with van der Waals surface area (Å²) in [4.78, 5) is 4.57. The van der Waals surface area contributed by atoms with Gasteiger partial charge in [-0.3, -0.25) is 0 Å². The van der Waals surface area contributed by atoms with Crippen molar-refractivity contribution in [2.75, 3.05) is 5.73 Å². The second kappa shape index (κ2) is 4.28. The second-order valence-corrected chi connectivity index (χ2v) is 5.41. The summed E-state index contributed by atoms with van der Waals surface area (Å²) in [5, 5.41) is 0. The minimum absolute atomic E-state index is 0.0908. The van der Waals surface area contributed by atoms with Crippen molar-refractivity contribution in [1.29, 1.82) is 0 Å². The third-order valence-corrected chi connectivity index (χ3v) is 3.82. The Hall–Kier alpha value is -2.43. The number of nitrogens with two attached hydrogens (primary N) is 1. The molecular formula is C16H13F2N3. The Morgan fingerprint density at radius 1 is 1.10 bits per heavy atom. The summed E-state index contributed by atoms with van der Waals surface area (Å²) in [6.45, 7) is 0. The minimum Gasteiger partial charge on any atom is -0.396 e. The molecule has 0 unspecified atom stereocenters. The van der Waals surface area contributed by atoms with Crippen LogP contribution in [0, 0.1) is 11.6 Å². The first-order valence-corrected chi connectivity index (χ1v) is 6.86. The lowest BCUT2D eigenvalue weighted by Gasteiger charge is -2.08. The van der Waals surface area contributed by atoms with E-state index in [-0.39, 0.29) is 11.5 Å². The van der Waals surface area contributed by atoms with Crippen molar-refractivity contribution >= 4 is 16.7 Å². The molecule has 0 spiro atoms. The van der Waals surface area contributed by atoms with Crippen molar-refractivity contribution in [1.82, 2.24) is 9.55 Å². The Morgan fingerprint density at radius 2 is 1.90 bits per heavy atom. The number of nitrogens with zero attached hydrogens (tertiary/aromatic N) is 2. The fraction of sp³-hybridized carbons (Fsp3) is 0.188. The highest BCUT2D eigenvalue weighted by Gasteiger charge is 2.29. The van der Waals surface area contributed by atoms with Gasteiger partial charge in [0.15, 0.2) is 0 Å². The van der Waals surface area contributed by atoms with Crippen LogP contribution in [0.15, 0.2) is 36.4 Å². The summed E-state index contributed by atoms with van der Waals surface area (Å²) in [7, 11) is 0. The van der Waals surface area contributed by atoms with Gasteiger partial charge in [0.2, 0.25) is 0 Å². The summed E-state index contributed by atoms with van der Waals surface area (Å²) in [6.07, 6.45) is 2.09. The number of nitrogen functional groups attached to an aromatic ring is 1. The number of halogens is 2. The lowest BCUT2D eigenvalue weighted by Crippen LogP contribution is -1.99. The van der Waals surface area contributed by atoms with Gasteiger partial charge in [0, 0.05) is 11.6 Å². The Labute approximate surface area is 120 Å². The average Bonchev–Trinajstić information content (AvgIpc) is 3.23. The summed E-state index contributed by atoms with van der Waals surface area (Å²) >= 11 is 0.